The van der Waals surface area contributed by atoms with E-state index in [1.807, 2.05) is 20.8 Å². The van der Waals surface area contributed by atoms with E-state index in [2.05, 4.69) is 30.5 Å². The molecule has 0 aliphatic heterocycles. The third-order valence-corrected chi connectivity index (χ3v) is 4.19. The van der Waals surface area contributed by atoms with Crippen LogP contribution >= 0.6 is 11.3 Å². The summed E-state index contributed by atoms with van der Waals surface area (Å²) < 4.78 is 0. The van der Waals surface area contributed by atoms with Crippen molar-refractivity contribution in [1.29, 1.82) is 0 Å². The molecule has 1 rings (SSSR count). The molecule has 0 unspecified atom stereocenters. The summed E-state index contributed by atoms with van der Waals surface area (Å²) in [7, 11) is 0. The molecule has 112 valence electrons. The fourth-order valence-electron chi connectivity index (χ4n) is 2.22. The molecule has 0 radical (unpaired) electrons. The lowest BCUT2D eigenvalue weighted by Crippen LogP contribution is -2.49. The van der Waals surface area contributed by atoms with Gasteiger partial charge in [0.25, 0.3) is 0 Å². The Hall–Kier alpha value is -1.36. The molecule has 20 heavy (non-hydrogen) atoms. The van der Waals surface area contributed by atoms with E-state index in [1.54, 1.807) is 11.3 Å². The molecule has 1 aromatic heterocycles. The molecule has 0 saturated heterocycles. The molecule has 1 aromatic rings. The van der Waals surface area contributed by atoms with Crippen LogP contribution in [0.1, 0.15) is 49.1 Å². The van der Waals surface area contributed by atoms with Gasteiger partial charge >= 0.3 is 0 Å². The second-order valence-electron chi connectivity index (χ2n) is 5.52. The number of nitrogens with one attached hydrogen (secondary N) is 2. The van der Waals surface area contributed by atoms with E-state index < -0.39 is 6.04 Å². The Kier molecular flexibility index (Phi) is 5.74. The number of hydrogen-bond acceptors (Lipinski definition) is 3. The van der Waals surface area contributed by atoms with Crippen molar-refractivity contribution >= 4 is 23.2 Å². The highest BCUT2D eigenvalue weighted by Gasteiger charge is 2.25. The fourth-order valence-corrected chi connectivity index (χ4v) is 3.24. The van der Waals surface area contributed by atoms with E-state index in [4.69, 9.17) is 0 Å². The maximum absolute atomic E-state index is 12.3. The largest absolute Gasteiger partial charge is 0.348 e. The third kappa shape index (κ3) is 4.34. The van der Waals surface area contributed by atoms with Gasteiger partial charge in [0.1, 0.15) is 6.04 Å². The van der Waals surface area contributed by atoms with Crippen LogP contribution in [0.15, 0.2) is 6.07 Å². The standard InChI is InChI=1S/C15H24N2O2S/c1-8(2)14(17-12(6)18)15(19)16-10(4)13-7-9(3)20-11(13)5/h7-8,10,14H,1-6H3,(H,16,19)(H,17,18)/t10-,14-/m1/s1. The SMILES string of the molecule is CC(=O)N[C@@H](C(=O)N[C@H](C)c1cc(C)sc1C)C(C)C. The summed E-state index contributed by atoms with van der Waals surface area (Å²) in [5.41, 5.74) is 1.14. The van der Waals surface area contributed by atoms with Crippen molar-refractivity contribution < 1.29 is 9.59 Å². The number of carbonyl (C=O) groups excluding carboxylic acids is 2. The Bertz CT molecular complexity index is 494. The molecule has 4 nitrogen and oxygen atoms in total. The van der Waals surface area contributed by atoms with Crippen LogP contribution in [0.25, 0.3) is 0 Å². The van der Waals surface area contributed by atoms with Crippen LogP contribution in [0.2, 0.25) is 0 Å². The van der Waals surface area contributed by atoms with E-state index in [0.717, 1.165) is 5.56 Å². The van der Waals surface area contributed by atoms with Gasteiger partial charge in [-0.15, -0.1) is 11.3 Å². The summed E-state index contributed by atoms with van der Waals surface area (Å²) in [5.74, 6) is -0.267. The van der Waals surface area contributed by atoms with Gasteiger partial charge in [-0.05, 0) is 38.3 Å². The van der Waals surface area contributed by atoms with E-state index in [1.165, 1.54) is 16.7 Å². The van der Waals surface area contributed by atoms with Gasteiger partial charge in [0.05, 0.1) is 6.04 Å². The van der Waals surface area contributed by atoms with E-state index in [-0.39, 0.29) is 23.8 Å². The van der Waals surface area contributed by atoms with Gasteiger partial charge in [-0.25, -0.2) is 0 Å². The van der Waals surface area contributed by atoms with Crippen molar-refractivity contribution in [2.45, 2.75) is 53.6 Å². The first-order chi connectivity index (χ1) is 9.22. The number of hydrogen-bond donors (Lipinski definition) is 2. The molecule has 2 amide bonds. The minimum absolute atomic E-state index is 0.0522. The van der Waals surface area contributed by atoms with Crippen LogP contribution in [-0.2, 0) is 9.59 Å². The lowest BCUT2D eigenvalue weighted by molar-refractivity contribution is -0.129. The van der Waals surface area contributed by atoms with Gasteiger partial charge < -0.3 is 10.6 Å². The van der Waals surface area contributed by atoms with Crippen LogP contribution < -0.4 is 10.6 Å². The maximum Gasteiger partial charge on any atom is 0.243 e. The number of thiophene rings is 1. The maximum atomic E-state index is 12.3. The summed E-state index contributed by atoms with van der Waals surface area (Å²) in [4.78, 5) is 25.9. The predicted molar refractivity (Wildman–Crippen MR) is 82.8 cm³/mol. The van der Waals surface area contributed by atoms with Crippen molar-refractivity contribution in [1.82, 2.24) is 10.6 Å². The molecule has 0 aliphatic carbocycles. The average molecular weight is 296 g/mol. The smallest absolute Gasteiger partial charge is 0.243 e. The predicted octanol–water partition coefficient (Wildman–Crippen LogP) is 2.70. The van der Waals surface area contributed by atoms with E-state index in [9.17, 15) is 9.59 Å². The van der Waals surface area contributed by atoms with Crippen LogP contribution in [0.4, 0.5) is 0 Å². The average Bonchev–Trinajstić information content (AvgIpc) is 2.64. The summed E-state index contributed by atoms with van der Waals surface area (Å²) in [5, 5.41) is 5.70. The normalized spacial score (nSPS) is 13.9. The van der Waals surface area contributed by atoms with Crippen molar-refractivity contribution in [3.8, 4) is 0 Å². The minimum atomic E-state index is -0.491. The first kappa shape index (κ1) is 16.7. The first-order valence-electron chi connectivity index (χ1n) is 6.86. The topological polar surface area (TPSA) is 58.2 Å². The molecule has 0 saturated carbocycles. The molecule has 0 spiro atoms. The summed E-state index contributed by atoms with van der Waals surface area (Å²) in [6.45, 7) is 11.4. The zero-order chi connectivity index (χ0) is 15.4. The Morgan fingerprint density at radius 3 is 2.15 bits per heavy atom. The van der Waals surface area contributed by atoms with Gasteiger partial charge in [-0.3, -0.25) is 9.59 Å². The molecule has 0 aliphatic rings. The van der Waals surface area contributed by atoms with Gasteiger partial charge in [-0.2, -0.15) is 0 Å². The monoisotopic (exact) mass is 296 g/mol. The number of aryl methyl sites for hydroxylation is 2. The minimum Gasteiger partial charge on any atom is -0.348 e. The van der Waals surface area contributed by atoms with Gasteiger partial charge in [-0.1, -0.05) is 13.8 Å². The Balaban J connectivity index is 2.77. The Morgan fingerprint density at radius 1 is 1.15 bits per heavy atom. The van der Waals surface area contributed by atoms with Crippen molar-refractivity contribution in [2.24, 2.45) is 5.92 Å². The second kappa shape index (κ2) is 6.88. The molecular formula is C15H24N2O2S. The number of carbonyl (C=O) groups is 2. The number of amides is 2. The highest BCUT2D eigenvalue weighted by atomic mass is 32.1. The Morgan fingerprint density at radius 2 is 1.75 bits per heavy atom. The summed E-state index contributed by atoms with van der Waals surface area (Å²) >= 11 is 1.73. The van der Waals surface area contributed by atoms with Crippen molar-refractivity contribution in [2.75, 3.05) is 0 Å². The van der Waals surface area contributed by atoms with Crippen molar-refractivity contribution in [3.05, 3.63) is 21.4 Å². The number of rotatable bonds is 5. The van der Waals surface area contributed by atoms with E-state index >= 15 is 0 Å². The highest BCUT2D eigenvalue weighted by Crippen LogP contribution is 2.26. The molecule has 5 heteroatoms. The molecule has 2 atom stereocenters. The van der Waals surface area contributed by atoms with Crippen molar-refractivity contribution in [3.63, 3.8) is 0 Å². The first-order valence-corrected chi connectivity index (χ1v) is 7.68. The van der Waals surface area contributed by atoms with Crippen LogP contribution in [0.5, 0.6) is 0 Å². The zero-order valence-electron chi connectivity index (χ0n) is 13.0. The van der Waals surface area contributed by atoms with Gasteiger partial charge in [0.2, 0.25) is 11.8 Å². The molecular weight excluding hydrogens is 272 g/mol. The molecule has 0 bridgehead atoms. The molecule has 2 N–H and O–H groups in total. The highest BCUT2D eigenvalue weighted by molar-refractivity contribution is 7.12. The van der Waals surface area contributed by atoms with Gasteiger partial charge in [0, 0.05) is 16.7 Å². The third-order valence-electron chi connectivity index (χ3n) is 3.21. The van der Waals surface area contributed by atoms with Crippen LogP contribution in [0, 0.1) is 19.8 Å². The molecule has 1 heterocycles. The lowest BCUT2D eigenvalue weighted by Gasteiger charge is -2.23. The summed E-state index contributed by atoms with van der Waals surface area (Å²) in [6, 6.07) is 1.56. The molecule has 0 aromatic carbocycles. The second-order valence-corrected chi connectivity index (χ2v) is 6.98. The quantitative estimate of drug-likeness (QED) is 0.877. The van der Waals surface area contributed by atoms with E-state index in [0.29, 0.717) is 0 Å². The van der Waals surface area contributed by atoms with Crippen LogP contribution in [0.3, 0.4) is 0 Å². The van der Waals surface area contributed by atoms with Gasteiger partial charge in [0.15, 0.2) is 0 Å². The fraction of sp³-hybridized carbons (Fsp3) is 0.600. The van der Waals surface area contributed by atoms with Crippen LogP contribution in [-0.4, -0.2) is 17.9 Å². The summed E-state index contributed by atoms with van der Waals surface area (Å²) in [6.07, 6.45) is 0. The lowest BCUT2D eigenvalue weighted by atomic mass is 10.0. The zero-order valence-corrected chi connectivity index (χ0v) is 13.9. The Labute approximate surface area is 125 Å². The molecule has 0 fully saturated rings.